The van der Waals surface area contributed by atoms with Crippen molar-refractivity contribution in [1.29, 1.82) is 0 Å². The highest BCUT2D eigenvalue weighted by Crippen LogP contribution is 1.94. The first-order valence-electron chi connectivity index (χ1n) is 2.98. The Morgan fingerprint density at radius 2 is 2.27 bits per heavy atom. The Morgan fingerprint density at radius 3 is 2.82 bits per heavy atom. The molecule has 0 aliphatic carbocycles. The molecule has 0 unspecified atom stereocenters. The summed E-state index contributed by atoms with van der Waals surface area (Å²) in [4.78, 5) is 14.1. The van der Waals surface area contributed by atoms with Crippen LogP contribution < -0.4 is 5.73 Å². The third-order valence-corrected chi connectivity index (χ3v) is 1.16. The highest BCUT2D eigenvalue weighted by molar-refractivity contribution is 5.85. The van der Waals surface area contributed by atoms with E-state index in [-0.39, 0.29) is 12.4 Å². The first-order chi connectivity index (χ1) is 4.86. The number of aromatic nitrogens is 1. The quantitative estimate of drug-likeness (QED) is 0.671. The van der Waals surface area contributed by atoms with Crippen molar-refractivity contribution < 1.29 is 4.79 Å². The molecule has 11 heavy (non-hydrogen) atoms. The van der Waals surface area contributed by atoms with Gasteiger partial charge in [-0.2, -0.15) is 0 Å². The Hall–Kier alpha value is -0.930. The lowest BCUT2D eigenvalue weighted by Crippen LogP contribution is -2.00. The second-order valence-corrected chi connectivity index (χ2v) is 1.88. The molecule has 4 heteroatoms. The molecule has 0 radical (unpaired) electrons. The molecule has 1 heterocycles. The van der Waals surface area contributed by atoms with Gasteiger partial charge >= 0.3 is 0 Å². The molecule has 0 aliphatic heterocycles. The molecule has 0 aromatic carbocycles. The van der Waals surface area contributed by atoms with E-state index in [0.29, 0.717) is 18.5 Å². The Kier molecular flexibility index (Phi) is 4.41. The molecule has 1 rings (SSSR count). The fraction of sp³-hybridized carbons (Fsp3) is 0.143. The van der Waals surface area contributed by atoms with Gasteiger partial charge in [0.25, 0.3) is 0 Å². The molecule has 1 aromatic heterocycles. The number of hydrogen-bond donors (Lipinski definition) is 1. The van der Waals surface area contributed by atoms with Crippen molar-refractivity contribution in [1.82, 2.24) is 4.98 Å². The molecular formula is C7H9ClN2O. The molecule has 0 spiro atoms. The maximum absolute atomic E-state index is 10.2. The van der Waals surface area contributed by atoms with Gasteiger partial charge in [0, 0.05) is 6.54 Å². The minimum absolute atomic E-state index is 0. The van der Waals surface area contributed by atoms with E-state index in [1.165, 1.54) is 0 Å². The first kappa shape index (κ1) is 10.1. The van der Waals surface area contributed by atoms with Gasteiger partial charge in [-0.15, -0.1) is 12.4 Å². The van der Waals surface area contributed by atoms with Gasteiger partial charge in [0.1, 0.15) is 5.69 Å². The van der Waals surface area contributed by atoms with Crippen LogP contribution in [0.15, 0.2) is 18.2 Å². The fourth-order valence-corrected chi connectivity index (χ4v) is 0.677. The summed E-state index contributed by atoms with van der Waals surface area (Å²) in [6.07, 6.45) is 0.708. The van der Waals surface area contributed by atoms with Crippen molar-refractivity contribution in [2.24, 2.45) is 5.73 Å². The zero-order valence-corrected chi connectivity index (χ0v) is 6.67. The van der Waals surface area contributed by atoms with Crippen LogP contribution in [0.2, 0.25) is 0 Å². The van der Waals surface area contributed by atoms with Crippen LogP contribution >= 0.6 is 12.4 Å². The van der Waals surface area contributed by atoms with E-state index in [1.807, 2.05) is 0 Å². The average molecular weight is 173 g/mol. The van der Waals surface area contributed by atoms with Crippen LogP contribution in [0.3, 0.4) is 0 Å². The van der Waals surface area contributed by atoms with Gasteiger partial charge in [-0.1, -0.05) is 6.07 Å². The molecule has 2 N–H and O–H groups in total. The molecule has 60 valence electrons. The van der Waals surface area contributed by atoms with Gasteiger partial charge in [0.05, 0.1) is 5.69 Å². The van der Waals surface area contributed by atoms with Crippen LogP contribution in [-0.2, 0) is 6.54 Å². The Labute approximate surface area is 71.0 Å². The van der Waals surface area contributed by atoms with Gasteiger partial charge in [0.15, 0.2) is 6.29 Å². The Bertz CT molecular complexity index is 240. The summed E-state index contributed by atoms with van der Waals surface area (Å²) in [7, 11) is 0. The van der Waals surface area contributed by atoms with Crippen LogP contribution in [0.25, 0.3) is 0 Å². The molecule has 0 fully saturated rings. The van der Waals surface area contributed by atoms with Crippen LogP contribution in [-0.4, -0.2) is 11.3 Å². The van der Waals surface area contributed by atoms with E-state index in [9.17, 15) is 4.79 Å². The summed E-state index contributed by atoms with van der Waals surface area (Å²) >= 11 is 0. The van der Waals surface area contributed by atoms with E-state index in [0.717, 1.165) is 5.69 Å². The number of halogens is 1. The van der Waals surface area contributed by atoms with Crippen molar-refractivity contribution in [3.8, 4) is 0 Å². The molecule has 0 atom stereocenters. The third-order valence-electron chi connectivity index (χ3n) is 1.16. The highest BCUT2D eigenvalue weighted by atomic mass is 35.5. The van der Waals surface area contributed by atoms with Crippen LogP contribution in [0.1, 0.15) is 16.2 Å². The van der Waals surface area contributed by atoms with Gasteiger partial charge in [-0.05, 0) is 12.1 Å². The fourth-order valence-electron chi connectivity index (χ4n) is 0.677. The largest absolute Gasteiger partial charge is 0.325 e. The summed E-state index contributed by atoms with van der Waals surface area (Å²) in [5, 5.41) is 0. The normalized spacial score (nSPS) is 8.45. The van der Waals surface area contributed by atoms with Crippen LogP contribution in [0.4, 0.5) is 0 Å². The lowest BCUT2D eigenvalue weighted by atomic mass is 10.3. The van der Waals surface area contributed by atoms with Gasteiger partial charge in [-0.25, -0.2) is 4.98 Å². The van der Waals surface area contributed by atoms with Crippen molar-refractivity contribution in [2.75, 3.05) is 0 Å². The summed E-state index contributed by atoms with van der Waals surface area (Å²) in [6, 6.07) is 5.19. The second kappa shape index (κ2) is 4.82. The molecule has 1 aromatic rings. The van der Waals surface area contributed by atoms with Gasteiger partial charge in [-0.3, -0.25) is 4.79 Å². The lowest BCUT2D eigenvalue weighted by molar-refractivity contribution is 0.111. The van der Waals surface area contributed by atoms with Crippen LogP contribution in [0.5, 0.6) is 0 Å². The van der Waals surface area contributed by atoms with Gasteiger partial charge in [0.2, 0.25) is 0 Å². The zero-order chi connectivity index (χ0) is 7.40. The lowest BCUT2D eigenvalue weighted by Gasteiger charge is -1.93. The highest BCUT2D eigenvalue weighted by Gasteiger charge is 1.91. The minimum Gasteiger partial charge on any atom is -0.325 e. The number of nitrogens with two attached hydrogens (primary N) is 1. The molecule has 0 amide bonds. The molecule has 0 aliphatic rings. The summed E-state index contributed by atoms with van der Waals surface area (Å²) < 4.78 is 0. The van der Waals surface area contributed by atoms with E-state index in [1.54, 1.807) is 18.2 Å². The number of aldehydes is 1. The Morgan fingerprint density at radius 1 is 1.55 bits per heavy atom. The summed E-state index contributed by atoms with van der Waals surface area (Å²) in [5.41, 5.74) is 6.47. The second-order valence-electron chi connectivity index (χ2n) is 1.88. The summed E-state index contributed by atoms with van der Waals surface area (Å²) in [5.74, 6) is 0. The molecule has 0 saturated heterocycles. The number of carbonyl (C=O) groups excluding carboxylic acids is 1. The van der Waals surface area contributed by atoms with Crippen molar-refractivity contribution in [3.05, 3.63) is 29.6 Å². The third kappa shape index (κ3) is 2.65. The Balaban J connectivity index is 0.000001000. The van der Waals surface area contributed by atoms with E-state index >= 15 is 0 Å². The predicted octanol–water partition coefficient (Wildman–Crippen LogP) is 0.775. The number of nitrogens with zero attached hydrogens (tertiary/aromatic N) is 1. The molecule has 0 bridgehead atoms. The smallest absolute Gasteiger partial charge is 0.168 e. The van der Waals surface area contributed by atoms with E-state index in [2.05, 4.69) is 4.98 Å². The van der Waals surface area contributed by atoms with E-state index in [4.69, 9.17) is 5.73 Å². The maximum Gasteiger partial charge on any atom is 0.168 e. The van der Waals surface area contributed by atoms with Crippen molar-refractivity contribution >= 4 is 18.7 Å². The van der Waals surface area contributed by atoms with Crippen molar-refractivity contribution in [3.63, 3.8) is 0 Å². The predicted molar refractivity (Wildman–Crippen MR) is 44.8 cm³/mol. The van der Waals surface area contributed by atoms with Crippen LogP contribution in [0, 0.1) is 0 Å². The van der Waals surface area contributed by atoms with E-state index < -0.39 is 0 Å². The SMILES string of the molecule is Cl.NCc1cccc(C=O)n1. The minimum atomic E-state index is 0. The summed E-state index contributed by atoms with van der Waals surface area (Å²) in [6.45, 7) is 0.377. The molecule has 3 nitrogen and oxygen atoms in total. The monoisotopic (exact) mass is 172 g/mol. The topological polar surface area (TPSA) is 56.0 Å². The number of hydrogen-bond acceptors (Lipinski definition) is 3. The zero-order valence-electron chi connectivity index (χ0n) is 5.86. The van der Waals surface area contributed by atoms with Crippen molar-refractivity contribution in [2.45, 2.75) is 6.54 Å². The number of rotatable bonds is 2. The number of carbonyl (C=O) groups is 1. The molecule has 0 saturated carbocycles. The first-order valence-corrected chi connectivity index (χ1v) is 2.98. The average Bonchev–Trinajstić information content (AvgIpc) is 2.05. The number of pyridine rings is 1. The standard InChI is InChI=1S/C7H8N2O.ClH/c8-4-6-2-1-3-7(5-10)9-6;/h1-3,5H,4,8H2;1H. The van der Waals surface area contributed by atoms with Gasteiger partial charge < -0.3 is 5.73 Å². The molecular weight excluding hydrogens is 164 g/mol. The maximum atomic E-state index is 10.2.